The predicted octanol–water partition coefficient (Wildman–Crippen LogP) is 0.00650. The van der Waals surface area contributed by atoms with Crippen LogP contribution in [-0.4, -0.2) is 32.4 Å². The molecule has 0 aliphatic carbocycles. The third-order valence-corrected chi connectivity index (χ3v) is 1.94. The van der Waals surface area contributed by atoms with E-state index in [0.29, 0.717) is 17.8 Å². The molecule has 2 heterocycles. The zero-order valence-electron chi connectivity index (χ0n) is 9.23. The van der Waals surface area contributed by atoms with E-state index in [-0.39, 0.29) is 11.8 Å². The number of nitrogen functional groups attached to an aromatic ring is 1. The highest BCUT2D eigenvalue weighted by Crippen LogP contribution is 2.08. The zero-order chi connectivity index (χ0) is 12.3. The van der Waals surface area contributed by atoms with Crippen LogP contribution in [0.2, 0.25) is 0 Å². The third-order valence-electron chi connectivity index (χ3n) is 1.94. The maximum absolute atomic E-state index is 11.6. The molecule has 90 valence electrons. The molecule has 8 nitrogen and oxygen atoms in total. The van der Waals surface area contributed by atoms with Crippen molar-refractivity contribution in [2.45, 2.75) is 13.3 Å². The van der Waals surface area contributed by atoms with Gasteiger partial charge < -0.3 is 10.7 Å². The molecular weight excluding hydrogens is 224 g/mol. The summed E-state index contributed by atoms with van der Waals surface area (Å²) < 4.78 is 0. The summed E-state index contributed by atoms with van der Waals surface area (Å²) in [6, 6.07) is 0. The Bertz CT molecular complexity index is 537. The number of anilines is 1. The first-order valence-electron chi connectivity index (χ1n) is 5.11. The van der Waals surface area contributed by atoms with Crippen LogP contribution in [0.5, 0.6) is 0 Å². The lowest BCUT2D eigenvalue weighted by Gasteiger charge is -2.00. The number of carbonyl (C=O) groups is 1. The molecule has 0 saturated carbocycles. The Morgan fingerprint density at radius 1 is 1.59 bits per heavy atom. The van der Waals surface area contributed by atoms with Crippen LogP contribution < -0.4 is 11.2 Å². The highest BCUT2D eigenvalue weighted by Gasteiger charge is 2.12. The molecule has 2 aromatic heterocycles. The number of nitrogens with zero attached hydrogens (tertiary/aromatic N) is 3. The Labute approximate surface area is 96.6 Å². The Kier molecular flexibility index (Phi) is 3.15. The monoisotopic (exact) mass is 236 g/mol. The normalized spacial score (nSPS) is 10.6. The molecule has 0 atom stereocenters. The number of hydrogen-bond donors (Lipinski definition) is 3. The molecule has 0 aliphatic heterocycles. The van der Waals surface area contributed by atoms with E-state index in [1.165, 1.54) is 6.20 Å². The van der Waals surface area contributed by atoms with Gasteiger partial charge in [-0.05, 0) is 6.42 Å². The van der Waals surface area contributed by atoms with Crippen molar-refractivity contribution < 1.29 is 9.63 Å². The van der Waals surface area contributed by atoms with Gasteiger partial charge in [0, 0.05) is 0 Å². The van der Waals surface area contributed by atoms with Gasteiger partial charge in [0.25, 0.3) is 0 Å². The smallest absolute Gasteiger partial charge is 0.310 e. The van der Waals surface area contributed by atoms with Crippen molar-refractivity contribution in [1.29, 1.82) is 0 Å². The van der Waals surface area contributed by atoms with Gasteiger partial charge in [-0.25, -0.2) is 15.4 Å². The lowest BCUT2D eigenvalue weighted by atomic mass is 10.5. The number of nitrogens with one attached hydrogen (secondary N) is 2. The SMILES string of the molecule is CCCONC(=O)c1nc2nc(N)ncc2[nH]1. The number of nitrogens with two attached hydrogens (primary N) is 1. The van der Waals surface area contributed by atoms with Crippen molar-refractivity contribution in [1.82, 2.24) is 25.4 Å². The summed E-state index contributed by atoms with van der Waals surface area (Å²) in [5.74, 6) is -0.246. The van der Waals surface area contributed by atoms with E-state index in [0.717, 1.165) is 6.42 Å². The lowest BCUT2D eigenvalue weighted by molar-refractivity contribution is 0.0307. The van der Waals surface area contributed by atoms with Crippen LogP contribution in [0.1, 0.15) is 24.0 Å². The number of rotatable bonds is 4. The molecule has 2 rings (SSSR count). The van der Waals surface area contributed by atoms with E-state index < -0.39 is 5.91 Å². The molecular formula is C9H12N6O2. The second-order valence-electron chi connectivity index (χ2n) is 3.33. The van der Waals surface area contributed by atoms with Gasteiger partial charge in [0.05, 0.1) is 12.8 Å². The largest absolute Gasteiger partial charge is 0.368 e. The van der Waals surface area contributed by atoms with Crippen LogP contribution in [0.3, 0.4) is 0 Å². The van der Waals surface area contributed by atoms with Crippen LogP contribution >= 0.6 is 0 Å². The molecule has 0 radical (unpaired) electrons. The molecule has 0 aliphatic rings. The first-order valence-corrected chi connectivity index (χ1v) is 5.11. The molecule has 8 heteroatoms. The van der Waals surface area contributed by atoms with E-state index in [1.54, 1.807) is 0 Å². The van der Waals surface area contributed by atoms with Crippen molar-refractivity contribution in [3.63, 3.8) is 0 Å². The Morgan fingerprint density at radius 2 is 2.41 bits per heavy atom. The molecule has 2 aromatic rings. The number of aromatic amines is 1. The summed E-state index contributed by atoms with van der Waals surface area (Å²) in [7, 11) is 0. The standard InChI is InChI=1S/C9H12N6O2/c1-2-3-17-15-8(16)7-12-5-4-11-9(10)14-6(5)13-7/h4H,2-3H2,1H3,(H,15,16)(H3,10,11,12,13,14). The van der Waals surface area contributed by atoms with Crippen molar-refractivity contribution in [3.8, 4) is 0 Å². The minimum absolute atomic E-state index is 0.107. The number of carbonyl (C=O) groups excluding carboxylic acids is 1. The minimum Gasteiger partial charge on any atom is -0.368 e. The number of imidazole rings is 1. The van der Waals surface area contributed by atoms with Crippen molar-refractivity contribution in [2.24, 2.45) is 0 Å². The first-order chi connectivity index (χ1) is 8.20. The quantitative estimate of drug-likeness (QED) is 0.508. The maximum Gasteiger partial charge on any atom is 0.310 e. The number of hydrogen-bond acceptors (Lipinski definition) is 6. The number of H-pyrrole nitrogens is 1. The summed E-state index contributed by atoms with van der Waals surface area (Å²) in [6.07, 6.45) is 2.27. The topological polar surface area (TPSA) is 119 Å². The van der Waals surface area contributed by atoms with Gasteiger partial charge in [0.1, 0.15) is 5.52 Å². The van der Waals surface area contributed by atoms with Crippen LogP contribution in [-0.2, 0) is 4.84 Å². The summed E-state index contributed by atoms with van der Waals surface area (Å²) in [4.78, 5) is 30.9. The summed E-state index contributed by atoms with van der Waals surface area (Å²) >= 11 is 0. The van der Waals surface area contributed by atoms with Crippen LogP contribution in [0.25, 0.3) is 11.2 Å². The molecule has 0 saturated heterocycles. The molecule has 0 unspecified atom stereocenters. The van der Waals surface area contributed by atoms with Crippen molar-refractivity contribution in [3.05, 3.63) is 12.0 Å². The molecule has 0 aromatic carbocycles. The molecule has 17 heavy (non-hydrogen) atoms. The molecule has 1 amide bonds. The molecule has 0 spiro atoms. The first kappa shape index (κ1) is 11.3. The Hall–Kier alpha value is -2.22. The van der Waals surface area contributed by atoms with Crippen LogP contribution in [0, 0.1) is 0 Å². The van der Waals surface area contributed by atoms with Gasteiger partial charge in [0.15, 0.2) is 5.65 Å². The average Bonchev–Trinajstić information content (AvgIpc) is 2.72. The van der Waals surface area contributed by atoms with Crippen LogP contribution in [0.15, 0.2) is 6.20 Å². The second-order valence-corrected chi connectivity index (χ2v) is 3.33. The highest BCUT2D eigenvalue weighted by atomic mass is 16.6. The van der Waals surface area contributed by atoms with E-state index in [4.69, 9.17) is 10.6 Å². The molecule has 0 fully saturated rings. The van der Waals surface area contributed by atoms with Gasteiger partial charge in [-0.2, -0.15) is 4.98 Å². The van der Waals surface area contributed by atoms with Gasteiger partial charge in [0.2, 0.25) is 11.8 Å². The van der Waals surface area contributed by atoms with E-state index in [1.807, 2.05) is 6.92 Å². The summed E-state index contributed by atoms with van der Waals surface area (Å²) in [6.45, 7) is 2.38. The molecule has 4 N–H and O–H groups in total. The lowest BCUT2D eigenvalue weighted by Crippen LogP contribution is -2.25. The number of hydroxylamine groups is 1. The fourth-order valence-corrected chi connectivity index (χ4v) is 1.20. The van der Waals surface area contributed by atoms with Gasteiger partial charge in [-0.15, -0.1) is 0 Å². The summed E-state index contributed by atoms with van der Waals surface area (Å²) in [5.41, 5.74) is 8.56. The van der Waals surface area contributed by atoms with Crippen molar-refractivity contribution in [2.75, 3.05) is 12.3 Å². The number of amides is 1. The van der Waals surface area contributed by atoms with Gasteiger partial charge in [-0.3, -0.25) is 9.63 Å². The predicted molar refractivity (Wildman–Crippen MR) is 59.8 cm³/mol. The Morgan fingerprint density at radius 3 is 3.18 bits per heavy atom. The van der Waals surface area contributed by atoms with Gasteiger partial charge in [-0.1, -0.05) is 6.92 Å². The molecule has 0 bridgehead atoms. The van der Waals surface area contributed by atoms with Crippen molar-refractivity contribution >= 4 is 23.0 Å². The van der Waals surface area contributed by atoms with Gasteiger partial charge >= 0.3 is 5.91 Å². The fourth-order valence-electron chi connectivity index (χ4n) is 1.20. The fraction of sp³-hybridized carbons (Fsp3) is 0.333. The van der Waals surface area contributed by atoms with E-state index in [2.05, 4.69) is 25.4 Å². The second kappa shape index (κ2) is 4.74. The average molecular weight is 236 g/mol. The number of fused-ring (bicyclic) bond motifs is 1. The number of aromatic nitrogens is 4. The zero-order valence-corrected chi connectivity index (χ0v) is 9.23. The maximum atomic E-state index is 11.6. The van der Waals surface area contributed by atoms with E-state index in [9.17, 15) is 4.79 Å². The highest BCUT2D eigenvalue weighted by molar-refractivity contribution is 5.92. The third kappa shape index (κ3) is 2.48. The minimum atomic E-state index is -0.463. The van der Waals surface area contributed by atoms with Crippen LogP contribution in [0.4, 0.5) is 5.95 Å². The summed E-state index contributed by atoms with van der Waals surface area (Å²) in [5, 5.41) is 0. The van der Waals surface area contributed by atoms with E-state index >= 15 is 0 Å². The Balaban J connectivity index is 2.15.